The van der Waals surface area contributed by atoms with Crippen molar-refractivity contribution in [3.05, 3.63) is 223 Å². The molecule has 0 fully saturated rings. The molecule has 0 bridgehead atoms. The molecule has 3 aliphatic carbocycles. The van der Waals surface area contributed by atoms with Crippen LogP contribution in [-0.4, -0.2) is 0 Å². The monoisotopic (exact) mass is 735 g/mol. The van der Waals surface area contributed by atoms with E-state index in [0.29, 0.717) is 11.8 Å². The van der Waals surface area contributed by atoms with E-state index in [4.69, 9.17) is 0 Å². The van der Waals surface area contributed by atoms with Crippen molar-refractivity contribution >= 4 is 48.5 Å². The zero-order valence-corrected chi connectivity index (χ0v) is 32.2. The third-order valence-corrected chi connectivity index (χ3v) is 12.6. The topological polar surface area (TPSA) is 3.24 Å². The number of hydrogen-bond acceptors (Lipinski definition) is 2. The molecule has 3 aliphatic rings. The van der Waals surface area contributed by atoms with E-state index in [0.717, 1.165) is 23.5 Å². The van der Waals surface area contributed by atoms with Crippen LogP contribution in [0.2, 0.25) is 0 Å². The highest BCUT2D eigenvalue weighted by Gasteiger charge is 2.25. The molecule has 0 aliphatic heterocycles. The number of fused-ring (bicyclic) bond motifs is 8. The normalized spacial score (nSPS) is 16.9. The maximum atomic E-state index is 3.98. The number of hydrogen-bond donors (Lipinski definition) is 0. The van der Waals surface area contributed by atoms with Crippen molar-refractivity contribution in [1.82, 2.24) is 0 Å². The molecule has 6 aromatic carbocycles. The maximum absolute atomic E-state index is 3.98. The van der Waals surface area contributed by atoms with Gasteiger partial charge in [0.25, 0.3) is 0 Å². The highest BCUT2D eigenvalue weighted by molar-refractivity contribution is 7.26. The SMILES string of the molecule is C=C/C=C(\C=C/C)N(c1ccccc1)c1cccc(-c2ccc(-c3ccc4c(c3)sc3ccc5c(c34)-c3ccc(C4=CC6C=CC=CC6C=C4)cc3C5)cc2)c1. The summed E-state index contributed by atoms with van der Waals surface area (Å²) in [6.45, 7) is 6.03. The predicted octanol–water partition coefficient (Wildman–Crippen LogP) is 15.1. The zero-order chi connectivity index (χ0) is 37.6. The molecule has 1 nitrogen and oxygen atoms in total. The van der Waals surface area contributed by atoms with E-state index in [1.807, 2.05) is 24.3 Å². The number of rotatable bonds is 8. The molecular weight excluding hydrogens is 695 g/mol. The van der Waals surface area contributed by atoms with Crippen molar-refractivity contribution in [3.8, 4) is 33.4 Å². The van der Waals surface area contributed by atoms with E-state index in [-0.39, 0.29) is 0 Å². The molecular formula is C54H41NS. The molecule has 0 saturated carbocycles. The second kappa shape index (κ2) is 14.3. The average Bonchev–Trinajstić information content (AvgIpc) is 3.81. The largest absolute Gasteiger partial charge is 0.310 e. The molecule has 2 unspecified atom stereocenters. The number of benzene rings is 6. The van der Waals surface area contributed by atoms with E-state index in [1.54, 1.807) is 0 Å². The van der Waals surface area contributed by atoms with Gasteiger partial charge < -0.3 is 4.90 Å². The van der Waals surface area contributed by atoms with Gasteiger partial charge in [-0.25, -0.2) is 0 Å². The van der Waals surface area contributed by atoms with Crippen LogP contribution in [-0.2, 0) is 6.42 Å². The van der Waals surface area contributed by atoms with Crippen LogP contribution in [0.15, 0.2) is 207 Å². The molecule has 268 valence electrons. The average molecular weight is 736 g/mol. The van der Waals surface area contributed by atoms with Crippen molar-refractivity contribution < 1.29 is 0 Å². The van der Waals surface area contributed by atoms with Crippen LogP contribution in [0.4, 0.5) is 11.4 Å². The lowest BCUT2D eigenvalue weighted by Crippen LogP contribution is -2.15. The van der Waals surface area contributed by atoms with Crippen molar-refractivity contribution in [2.24, 2.45) is 11.8 Å². The van der Waals surface area contributed by atoms with Gasteiger partial charge in [-0.1, -0.05) is 152 Å². The minimum atomic E-state index is 0.445. The number of thiophene rings is 1. The number of nitrogens with zero attached hydrogens (tertiary/aromatic N) is 1. The summed E-state index contributed by atoms with van der Waals surface area (Å²) in [5.41, 5.74) is 16.4. The molecule has 2 atom stereocenters. The predicted molar refractivity (Wildman–Crippen MR) is 242 cm³/mol. The second-order valence-electron chi connectivity index (χ2n) is 14.9. The Labute approximate surface area is 333 Å². The summed E-state index contributed by atoms with van der Waals surface area (Å²) in [6.07, 6.45) is 25.1. The molecule has 56 heavy (non-hydrogen) atoms. The van der Waals surface area contributed by atoms with Gasteiger partial charge in [0, 0.05) is 49.1 Å². The summed E-state index contributed by atoms with van der Waals surface area (Å²) >= 11 is 1.91. The van der Waals surface area contributed by atoms with E-state index in [9.17, 15) is 0 Å². The first-order valence-corrected chi connectivity index (χ1v) is 20.3. The summed E-state index contributed by atoms with van der Waals surface area (Å²) in [6, 6.07) is 47.2. The first kappa shape index (κ1) is 34.0. The summed E-state index contributed by atoms with van der Waals surface area (Å²) in [7, 11) is 0. The van der Waals surface area contributed by atoms with Crippen LogP contribution in [0.1, 0.15) is 23.6 Å². The van der Waals surface area contributed by atoms with Crippen molar-refractivity contribution in [3.63, 3.8) is 0 Å². The summed E-state index contributed by atoms with van der Waals surface area (Å²) in [4.78, 5) is 2.28. The smallest absolute Gasteiger partial charge is 0.0467 e. The molecule has 10 rings (SSSR count). The Balaban J connectivity index is 0.950. The van der Waals surface area contributed by atoms with Gasteiger partial charge in [-0.3, -0.25) is 0 Å². The Morgan fingerprint density at radius 3 is 2.21 bits per heavy atom. The summed E-state index contributed by atoms with van der Waals surface area (Å²) in [5.74, 6) is 0.923. The van der Waals surface area contributed by atoms with Crippen molar-refractivity contribution in [2.75, 3.05) is 4.90 Å². The molecule has 2 heteroatoms. The lowest BCUT2D eigenvalue weighted by Gasteiger charge is -2.26. The number of allylic oxidation sites excluding steroid dienone is 12. The Bertz CT molecular complexity index is 2850. The standard InChI is InChI=1S/C54H41NS/c1-3-11-46(12-4-2)55(47-16-6-5-7-17-47)48-18-10-15-40(34-48)37-19-21-38(22-20-37)43-26-29-50-52(35-43)56-51-30-27-44-33-45-32-42(25-28-49(45)53(44)54(50)51)41-24-23-36-13-8-9-14-39(36)31-41/h3-32,34-36,39H,1,33H2,2H3/b12-4-,46-11+. The summed E-state index contributed by atoms with van der Waals surface area (Å²) in [5, 5.41) is 2.75. The van der Waals surface area contributed by atoms with Gasteiger partial charge in [0.15, 0.2) is 0 Å². The highest BCUT2D eigenvalue weighted by Crippen LogP contribution is 2.48. The van der Waals surface area contributed by atoms with Gasteiger partial charge in [-0.15, -0.1) is 11.3 Å². The van der Waals surface area contributed by atoms with Gasteiger partial charge in [0.1, 0.15) is 0 Å². The summed E-state index contributed by atoms with van der Waals surface area (Å²) < 4.78 is 2.69. The van der Waals surface area contributed by atoms with Crippen LogP contribution < -0.4 is 4.90 Å². The Morgan fingerprint density at radius 2 is 1.41 bits per heavy atom. The van der Waals surface area contributed by atoms with E-state index < -0.39 is 0 Å². The fraction of sp³-hybridized carbons (Fsp3) is 0.0741. The van der Waals surface area contributed by atoms with Crippen molar-refractivity contribution in [2.45, 2.75) is 13.3 Å². The van der Waals surface area contributed by atoms with Gasteiger partial charge >= 0.3 is 0 Å². The third-order valence-electron chi connectivity index (χ3n) is 11.5. The van der Waals surface area contributed by atoms with Crippen molar-refractivity contribution in [1.29, 1.82) is 0 Å². The molecule has 1 aromatic heterocycles. The first-order chi connectivity index (χ1) is 27.6. The van der Waals surface area contributed by atoms with Crippen LogP contribution >= 0.6 is 11.3 Å². The Hall–Kier alpha value is -6.48. The molecule has 0 spiro atoms. The minimum absolute atomic E-state index is 0.445. The second-order valence-corrected chi connectivity index (χ2v) is 15.9. The van der Waals surface area contributed by atoms with Gasteiger partial charge in [-0.05, 0) is 118 Å². The van der Waals surface area contributed by atoms with Crippen LogP contribution in [0.3, 0.4) is 0 Å². The van der Waals surface area contributed by atoms with Crippen LogP contribution in [0, 0.1) is 11.8 Å². The van der Waals surface area contributed by atoms with Crippen LogP contribution in [0.25, 0.3) is 59.1 Å². The zero-order valence-electron chi connectivity index (χ0n) is 31.4. The van der Waals surface area contributed by atoms with E-state index in [2.05, 4.69) is 200 Å². The lowest BCUT2D eigenvalue weighted by molar-refractivity contribution is 0.663. The Kier molecular flexibility index (Phi) is 8.70. The number of para-hydroxylation sites is 1. The molecule has 0 radical (unpaired) electrons. The third kappa shape index (κ3) is 6.04. The molecule has 0 N–H and O–H groups in total. The highest BCUT2D eigenvalue weighted by atomic mass is 32.1. The minimum Gasteiger partial charge on any atom is -0.310 e. The molecule has 1 heterocycles. The maximum Gasteiger partial charge on any atom is 0.0467 e. The number of anilines is 2. The lowest BCUT2D eigenvalue weighted by atomic mass is 9.81. The molecule has 7 aromatic rings. The van der Waals surface area contributed by atoms with E-state index in [1.165, 1.54) is 75.8 Å². The van der Waals surface area contributed by atoms with Gasteiger partial charge in [0.2, 0.25) is 0 Å². The molecule has 0 amide bonds. The fourth-order valence-electron chi connectivity index (χ4n) is 8.78. The van der Waals surface area contributed by atoms with Gasteiger partial charge in [-0.2, -0.15) is 0 Å². The van der Waals surface area contributed by atoms with E-state index >= 15 is 0 Å². The molecule has 0 saturated heterocycles. The van der Waals surface area contributed by atoms with Gasteiger partial charge in [0.05, 0.1) is 0 Å². The fourth-order valence-corrected chi connectivity index (χ4v) is 9.94. The Morgan fingerprint density at radius 1 is 0.661 bits per heavy atom. The van der Waals surface area contributed by atoms with Crippen LogP contribution in [0.5, 0.6) is 0 Å². The first-order valence-electron chi connectivity index (χ1n) is 19.5. The quantitative estimate of drug-likeness (QED) is 0.140.